The molecule has 122 valence electrons. The number of nitrogens with one attached hydrogen (secondary N) is 1. The van der Waals surface area contributed by atoms with Gasteiger partial charge in [0, 0.05) is 5.39 Å². The first-order valence-corrected chi connectivity index (χ1v) is 7.91. The Kier molecular flexibility index (Phi) is 3.62. The van der Waals surface area contributed by atoms with Crippen LogP contribution in [-0.2, 0) is 0 Å². The van der Waals surface area contributed by atoms with Crippen LogP contribution in [0.25, 0.3) is 28.1 Å². The zero-order chi connectivity index (χ0) is 17.4. The van der Waals surface area contributed by atoms with Gasteiger partial charge in [-0.3, -0.25) is 9.67 Å². The van der Waals surface area contributed by atoms with E-state index < -0.39 is 5.97 Å². The van der Waals surface area contributed by atoms with E-state index >= 15 is 0 Å². The lowest BCUT2D eigenvalue weighted by Crippen LogP contribution is -2.01. The van der Waals surface area contributed by atoms with Gasteiger partial charge >= 0.3 is 5.97 Å². The lowest BCUT2D eigenvalue weighted by Gasteiger charge is -2.07. The number of hydrogen-bond acceptors (Lipinski definition) is 4. The Morgan fingerprint density at radius 3 is 2.56 bits per heavy atom. The zero-order valence-corrected chi connectivity index (χ0v) is 13.7. The highest BCUT2D eigenvalue weighted by Gasteiger charge is 2.13. The second-order valence-electron chi connectivity index (χ2n) is 5.43. The van der Waals surface area contributed by atoms with Crippen molar-refractivity contribution in [2.45, 2.75) is 0 Å². The quantitative estimate of drug-likeness (QED) is 0.550. The van der Waals surface area contributed by atoms with Gasteiger partial charge in [0.2, 0.25) is 0 Å². The normalized spacial score (nSPS) is 10.9. The standard InChI is InChI=1S/C18H12N4O2S/c23-17(24)12-5-8-13(9-6-12)22-16(20-21-18(22)25)15-10-7-11-3-1-2-4-14(11)19-15/h1-10H,(H,21,25)(H,23,24). The molecule has 4 rings (SSSR count). The molecule has 2 heterocycles. The zero-order valence-electron chi connectivity index (χ0n) is 12.9. The van der Waals surface area contributed by atoms with Crippen molar-refractivity contribution in [1.29, 1.82) is 0 Å². The molecular formula is C18H12N4O2S. The molecule has 6 nitrogen and oxygen atoms in total. The molecule has 0 atom stereocenters. The summed E-state index contributed by atoms with van der Waals surface area (Å²) in [5.41, 5.74) is 2.47. The van der Waals surface area contributed by atoms with Gasteiger partial charge in [-0.25, -0.2) is 9.78 Å². The summed E-state index contributed by atoms with van der Waals surface area (Å²) in [7, 11) is 0. The van der Waals surface area contributed by atoms with Crippen LogP contribution in [0.4, 0.5) is 0 Å². The molecule has 0 bridgehead atoms. The van der Waals surface area contributed by atoms with E-state index in [-0.39, 0.29) is 5.56 Å². The van der Waals surface area contributed by atoms with Gasteiger partial charge in [0.05, 0.1) is 16.8 Å². The maximum absolute atomic E-state index is 11.0. The number of aromatic carboxylic acids is 1. The van der Waals surface area contributed by atoms with E-state index in [0.717, 1.165) is 10.9 Å². The first kappa shape index (κ1) is 15.2. The number of H-pyrrole nitrogens is 1. The summed E-state index contributed by atoms with van der Waals surface area (Å²) in [6.45, 7) is 0. The highest BCUT2D eigenvalue weighted by atomic mass is 32.1. The van der Waals surface area contributed by atoms with Crippen molar-refractivity contribution in [2.24, 2.45) is 0 Å². The van der Waals surface area contributed by atoms with Crippen molar-refractivity contribution < 1.29 is 9.90 Å². The molecule has 2 aromatic heterocycles. The largest absolute Gasteiger partial charge is 0.478 e. The number of fused-ring (bicyclic) bond motifs is 1. The van der Waals surface area contributed by atoms with Crippen LogP contribution >= 0.6 is 12.2 Å². The maximum atomic E-state index is 11.0. The second-order valence-corrected chi connectivity index (χ2v) is 5.82. The molecule has 25 heavy (non-hydrogen) atoms. The topological polar surface area (TPSA) is 83.8 Å². The second kappa shape index (κ2) is 5.95. The molecule has 7 heteroatoms. The Balaban J connectivity index is 1.86. The molecule has 0 aliphatic heterocycles. The monoisotopic (exact) mass is 348 g/mol. The Labute approximate surface area is 147 Å². The fraction of sp³-hybridized carbons (Fsp3) is 0. The Hall–Kier alpha value is -3.32. The lowest BCUT2D eigenvalue weighted by atomic mass is 10.2. The van der Waals surface area contributed by atoms with Crippen LogP contribution in [0.2, 0.25) is 0 Å². The fourth-order valence-electron chi connectivity index (χ4n) is 2.65. The summed E-state index contributed by atoms with van der Waals surface area (Å²) in [5.74, 6) is -0.405. The average Bonchev–Trinajstić information content (AvgIpc) is 3.03. The number of carbonyl (C=O) groups is 1. The number of benzene rings is 2. The van der Waals surface area contributed by atoms with Crippen LogP contribution in [-0.4, -0.2) is 30.8 Å². The van der Waals surface area contributed by atoms with Crippen LogP contribution in [0.1, 0.15) is 10.4 Å². The molecule has 0 unspecified atom stereocenters. The van der Waals surface area contributed by atoms with Crippen LogP contribution in [0.3, 0.4) is 0 Å². The van der Waals surface area contributed by atoms with Crippen molar-refractivity contribution in [3.63, 3.8) is 0 Å². The minimum absolute atomic E-state index is 0.212. The third kappa shape index (κ3) is 2.70. The summed E-state index contributed by atoms with van der Waals surface area (Å²) in [6.07, 6.45) is 0. The highest BCUT2D eigenvalue weighted by molar-refractivity contribution is 7.71. The van der Waals surface area contributed by atoms with E-state index in [1.807, 2.05) is 36.4 Å². The van der Waals surface area contributed by atoms with Crippen molar-refractivity contribution in [3.8, 4) is 17.2 Å². The smallest absolute Gasteiger partial charge is 0.335 e. The fourth-order valence-corrected chi connectivity index (χ4v) is 2.89. The third-order valence-electron chi connectivity index (χ3n) is 3.87. The van der Waals surface area contributed by atoms with Crippen molar-refractivity contribution in [3.05, 3.63) is 71.0 Å². The van der Waals surface area contributed by atoms with Crippen molar-refractivity contribution in [1.82, 2.24) is 19.7 Å². The number of nitrogens with zero attached hydrogens (tertiary/aromatic N) is 3. The van der Waals surface area contributed by atoms with E-state index in [2.05, 4.69) is 15.2 Å². The van der Waals surface area contributed by atoms with Gasteiger partial charge in [-0.2, -0.15) is 5.10 Å². The average molecular weight is 348 g/mol. The molecular weight excluding hydrogens is 336 g/mol. The van der Waals surface area contributed by atoms with Gasteiger partial charge in [-0.1, -0.05) is 24.3 Å². The summed E-state index contributed by atoms with van der Waals surface area (Å²) in [4.78, 5) is 15.7. The van der Waals surface area contributed by atoms with E-state index in [1.54, 1.807) is 16.7 Å². The molecule has 4 aromatic rings. The molecule has 0 aliphatic carbocycles. The number of pyridine rings is 1. The van der Waals surface area contributed by atoms with Crippen LogP contribution in [0.15, 0.2) is 60.7 Å². The maximum Gasteiger partial charge on any atom is 0.335 e. The van der Waals surface area contributed by atoms with Crippen LogP contribution in [0.5, 0.6) is 0 Å². The summed E-state index contributed by atoms with van der Waals surface area (Å²) in [6, 6.07) is 18.1. The third-order valence-corrected chi connectivity index (χ3v) is 4.15. The summed E-state index contributed by atoms with van der Waals surface area (Å²) >= 11 is 5.34. The molecule has 0 spiro atoms. The molecule has 2 aromatic carbocycles. The van der Waals surface area contributed by atoms with Gasteiger partial charge in [-0.15, -0.1) is 0 Å². The Bertz CT molecular complexity index is 1150. The predicted molar refractivity (Wildman–Crippen MR) is 96.4 cm³/mol. The van der Waals surface area contributed by atoms with Gasteiger partial charge in [0.25, 0.3) is 0 Å². The first-order chi connectivity index (χ1) is 12.1. The van der Waals surface area contributed by atoms with E-state index in [1.165, 1.54) is 12.1 Å². The first-order valence-electron chi connectivity index (χ1n) is 7.51. The van der Waals surface area contributed by atoms with E-state index in [9.17, 15) is 4.79 Å². The minimum atomic E-state index is -0.973. The number of carboxylic acids is 1. The molecule has 0 amide bonds. The molecule has 2 N–H and O–H groups in total. The van der Waals surface area contributed by atoms with Crippen molar-refractivity contribution in [2.75, 3.05) is 0 Å². The van der Waals surface area contributed by atoms with Crippen molar-refractivity contribution >= 4 is 29.1 Å². The number of aromatic nitrogens is 4. The molecule has 0 aliphatic rings. The predicted octanol–water partition coefficient (Wildman–Crippen LogP) is 3.84. The van der Waals surface area contributed by atoms with Crippen LogP contribution < -0.4 is 0 Å². The van der Waals surface area contributed by atoms with Gasteiger partial charge in [0.15, 0.2) is 10.6 Å². The SMILES string of the molecule is O=C(O)c1ccc(-n2c(-c3ccc4ccccc4n3)n[nH]c2=S)cc1. The molecule has 0 radical (unpaired) electrons. The highest BCUT2D eigenvalue weighted by Crippen LogP contribution is 2.22. The number of para-hydroxylation sites is 1. The molecule has 0 saturated carbocycles. The van der Waals surface area contributed by atoms with Gasteiger partial charge < -0.3 is 5.11 Å². The van der Waals surface area contributed by atoms with Gasteiger partial charge in [0.1, 0.15) is 5.69 Å². The number of carboxylic acid groups (broad SMARTS) is 1. The molecule has 0 fully saturated rings. The summed E-state index contributed by atoms with van der Waals surface area (Å²) in [5, 5.41) is 17.2. The summed E-state index contributed by atoms with van der Waals surface area (Å²) < 4.78 is 2.14. The lowest BCUT2D eigenvalue weighted by molar-refractivity contribution is 0.0697. The molecule has 0 saturated heterocycles. The van der Waals surface area contributed by atoms with E-state index in [0.29, 0.717) is 22.0 Å². The minimum Gasteiger partial charge on any atom is -0.478 e. The number of rotatable bonds is 3. The van der Waals surface area contributed by atoms with Crippen LogP contribution in [0, 0.1) is 4.77 Å². The number of aromatic amines is 1. The Morgan fingerprint density at radius 1 is 1.04 bits per heavy atom. The number of hydrogen-bond donors (Lipinski definition) is 2. The van der Waals surface area contributed by atoms with Gasteiger partial charge in [-0.05, 0) is 48.6 Å². The van der Waals surface area contributed by atoms with E-state index in [4.69, 9.17) is 17.3 Å². The Morgan fingerprint density at radius 2 is 1.80 bits per heavy atom.